The van der Waals surface area contributed by atoms with Gasteiger partial charge in [0, 0.05) is 25.2 Å². The van der Waals surface area contributed by atoms with E-state index in [4.69, 9.17) is 9.47 Å². The number of sulfonamides is 1. The van der Waals surface area contributed by atoms with E-state index in [1.807, 2.05) is 6.07 Å². The summed E-state index contributed by atoms with van der Waals surface area (Å²) in [5.41, 5.74) is 0.689. The average molecular weight is 464 g/mol. The molecule has 5 rings (SSSR count). The summed E-state index contributed by atoms with van der Waals surface area (Å²) in [5.74, 6) is -0.0349. The van der Waals surface area contributed by atoms with E-state index in [1.165, 1.54) is 27.8 Å². The maximum absolute atomic E-state index is 13.2. The Morgan fingerprint density at radius 1 is 1.19 bits per heavy atom. The van der Waals surface area contributed by atoms with Crippen LogP contribution in [0.25, 0.3) is 10.2 Å². The minimum atomic E-state index is -3.80. The van der Waals surface area contributed by atoms with E-state index >= 15 is 0 Å². The monoisotopic (exact) mass is 463 g/mol. The van der Waals surface area contributed by atoms with Crippen LogP contribution < -0.4 is 14.8 Å². The van der Waals surface area contributed by atoms with Crippen LogP contribution in [0.2, 0.25) is 0 Å². The Bertz CT molecular complexity index is 1220. The number of carbonyl (C=O) groups excluding carboxylic acids is 1. The second-order valence-corrected chi connectivity index (χ2v) is 10.3. The number of halogens is 1. The van der Waals surface area contributed by atoms with Gasteiger partial charge in [-0.15, -0.1) is 0 Å². The highest BCUT2D eigenvalue weighted by Gasteiger charge is 2.33. The van der Waals surface area contributed by atoms with Crippen LogP contribution in [0.1, 0.15) is 12.8 Å². The summed E-state index contributed by atoms with van der Waals surface area (Å²) >= 11 is 1.31. The molecule has 0 aliphatic carbocycles. The second-order valence-electron chi connectivity index (χ2n) is 7.34. The highest BCUT2D eigenvalue weighted by atomic mass is 32.2. The molecule has 1 aromatic heterocycles. The van der Waals surface area contributed by atoms with Crippen LogP contribution in [0, 0.1) is 11.7 Å². The molecule has 1 amide bonds. The molecule has 1 N–H and O–H groups in total. The van der Waals surface area contributed by atoms with E-state index in [2.05, 4.69) is 10.3 Å². The van der Waals surface area contributed by atoms with Gasteiger partial charge in [-0.25, -0.2) is 17.8 Å². The van der Waals surface area contributed by atoms with Gasteiger partial charge in [0.15, 0.2) is 16.6 Å². The molecule has 3 heterocycles. The first-order chi connectivity index (χ1) is 14.9. The minimum absolute atomic E-state index is 0.0126. The molecule has 11 heteroatoms. The number of aromatic nitrogens is 1. The lowest BCUT2D eigenvalue weighted by atomic mass is 9.99. The number of benzene rings is 2. The molecule has 1 saturated heterocycles. The minimum Gasteiger partial charge on any atom is -0.454 e. The number of piperidine rings is 1. The number of carbonyl (C=O) groups is 1. The van der Waals surface area contributed by atoms with Gasteiger partial charge >= 0.3 is 0 Å². The van der Waals surface area contributed by atoms with Crippen molar-refractivity contribution < 1.29 is 27.1 Å². The molecular weight excluding hydrogens is 445 g/mol. The third-order valence-corrected chi connectivity index (χ3v) is 8.13. The predicted octanol–water partition coefficient (Wildman–Crippen LogP) is 3.20. The second kappa shape index (κ2) is 7.74. The van der Waals surface area contributed by atoms with Crippen molar-refractivity contribution in [2.75, 3.05) is 25.2 Å². The summed E-state index contributed by atoms with van der Waals surface area (Å²) in [4.78, 5) is 17.3. The molecule has 2 aliphatic rings. The lowest BCUT2D eigenvalue weighted by Crippen LogP contribution is -2.43. The molecule has 2 aliphatic heterocycles. The number of hydrogen-bond donors (Lipinski definition) is 1. The normalized spacial score (nSPS) is 18.9. The quantitative estimate of drug-likeness (QED) is 0.638. The summed E-state index contributed by atoms with van der Waals surface area (Å²) in [6.45, 7) is 0.553. The van der Waals surface area contributed by atoms with Crippen molar-refractivity contribution in [2.45, 2.75) is 17.7 Å². The Hall–Kier alpha value is -2.76. The van der Waals surface area contributed by atoms with Crippen molar-refractivity contribution in [1.29, 1.82) is 0 Å². The van der Waals surface area contributed by atoms with Crippen molar-refractivity contribution in [2.24, 2.45) is 5.92 Å². The van der Waals surface area contributed by atoms with Gasteiger partial charge in [0.25, 0.3) is 0 Å². The summed E-state index contributed by atoms with van der Waals surface area (Å²) in [6, 6.07) is 8.28. The van der Waals surface area contributed by atoms with Crippen molar-refractivity contribution in [3.63, 3.8) is 0 Å². The number of fused-ring (bicyclic) bond motifs is 2. The molecule has 1 unspecified atom stereocenters. The molecule has 0 saturated carbocycles. The van der Waals surface area contributed by atoms with E-state index in [1.54, 1.807) is 6.07 Å². The standard InChI is InChI=1S/C20H18FN3O5S2/c21-13-3-5-14(6-4-13)31(26,27)24-7-1-2-12(10-24)19(25)23-20-22-15-8-16-17(29-11-28-16)9-18(15)30-20/h3-6,8-9,12H,1-2,7,10-11H2,(H,22,23,25). The largest absolute Gasteiger partial charge is 0.454 e. The molecule has 1 atom stereocenters. The fraction of sp³-hybridized carbons (Fsp3) is 0.300. The van der Waals surface area contributed by atoms with Crippen LogP contribution in [0.4, 0.5) is 9.52 Å². The lowest BCUT2D eigenvalue weighted by Gasteiger charge is -2.31. The highest BCUT2D eigenvalue weighted by molar-refractivity contribution is 7.89. The van der Waals surface area contributed by atoms with Crippen LogP contribution in [-0.4, -0.2) is 43.5 Å². The number of thiazole rings is 1. The van der Waals surface area contributed by atoms with Crippen LogP contribution in [0.3, 0.4) is 0 Å². The number of amides is 1. The molecule has 3 aromatic rings. The van der Waals surface area contributed by atoms with Crippen LogP contribution in [0.5, 0.6) is 11.5 Å². The first-order valence-corrected chi connectivity index (χ1v) is 11.9. The first-order valence-electron chi connectivity index (χ1n) is 9.67. The molecule has 2 aromatic carbocycles. The molecule has 31 heavy (non-hydrogen) atoms. The van der Waals surface area contributed by atoms with Crippen molar-refractivity contribution >= 4 is 42.6 Å². The SMILES string of the molecule is O=C(Nc1nc2cc3c(cc2s1)OCO3)C1CCCN(S(=O)(=O)c2ccc(F)cc2)C1. The highest BCUT2D eigenvalue weighted by Crippen LogP contribution is 2.39. The number of ether oxygens (including phenoxy) is 2. The number of rotatable bonds is 4. The zero-order chi connectivity index (χ0) is 21.6. The number of nitrogens with one attached hydrogen (secondary N) is 1. The third kappa shape index (κ3) is 3.84. The fourth-order valence-electron chi connectivity index (χ4n) is 3.71. The molecule has 0 spiro atoms. The van der Waals surface area contributed by atoms with Gasteiger partial charge in [0.2, 0.25) is 22.7 Å². The van der Waals surface area contributed by atoms with Crippen molar-refractivity contribution in [1.82, 2.24) is 9.29 Å². The summed E-state index contributed by atoms with van der Waals surface area (Å²) in [7, 11) is -3.80. The Morgan fingerprint density at radius 2 is 1.94 bits per heavy atom. The fourth-order valence-corrected chi connectivity index (χ4v) is 6.11. The van der Waals surface area contributed by atoms with E-state index in [0.717, 1.165) is 16.8 Å². The molecule has 0 bridgehead atoms. The summed E-state index contributed by atoms with van der Waals surface area (Å²) < 4.78 is 51.8. The van der Waals surface area contributed by atoms with E-state index in [-0.39, 0.29) is 24.1 Å². The zero-order valence-electron chi connectivity index (χ0n) is 16.2. The zero-order valence-corrected chi connectivity index (χ0v) is 17.8. The van der Waals surface area contributed by atoms with Crippen LogP contribution >= 0.6 is 11.3 Å². The molecule has 162 valence electrons. The Labute approximate surface area is 181 Å². The van der Waals surface area contributed by atoms with Crippen LogP contribution in [0.15, 0.2) is 41.3 Å². The van der Waals surface area contributed by atoms with E-state index < -0.39 is 21.8 Å². The van der Waals surface area contributed by atoms with Gasteiger partial charge in [-0.1, -0.05) is 11.3 Å². The molecule has 0 radical (unpaired) electrons. The Morgan fingerprint density at radius 3 is 2.71 bits per heavy atom. The van der Waals surface area contributed by atoms with Gasteiger partial charge in [0.1, 0.15) is 5.82 Å². The number of anilines is 1. The third-order valence-electron chi connectivity index (χ3n) is 5.32. The Kier molecular flexibility index (Phi) is 5.03. The van der Waals surface area contributed by atoms with Crippen LogP contribution in [-0.2, 0) is 14.8 Å². The van der Waals surface area contributed by atoms with E-state index in [9.17, 15) is 17.6 Å². The van der Waals surface area contributed by atoms with Gasteiger partial charge < -0.3 is 14.8 Å². The number of nitrogens with zero attached hydrogens (tertiary/aromatic N) is 2. The predicted molar refractivity (Wildman–Crippen MR) is 112 cm³/mol. The first kappa shape index (κ1) is 20.2. The molecule has 1 fully saturated rings. The molecule has 8 nitrogen and oxygen atoms in total. The molecular formula is C20H18FN3O5S2. The van der Waals surface area contributed by atoms with Gasteiger partial charge in [0.05, 0.1) is 21.0 Å². The van der Waals surface area contributed by atoms with Crippen molar-refractivity contribution in [3.05, 3.63) is 42.2 Å². The van der Waals surface area contributed by atoms with E-state index in [0.29, 0.717) is 41.5 Å². The van der Waals surface area contributed by atoms with Gasteiger partial charge in [-0.2, -0.15) is 4.31 Å². The topological polar surface area (TPSA) is 97.8 Å². The smallest absolute Gasteiger partial charge is 0.243 e. The Balaban J connectivity index is 1.30. The number of hydrogen-bond acceptors (Lipinski definition) is 7. The van der Waals surface area contributed by atoms with Gasteiger partial charge in [-0.3, -0.25) is 4.79 Å². The average Bonchev–Trinajstić information content (AvgIpc) is 3.37. The van der Waals surface area contributed by atoms with Crippen molar-refractivity contribution in [3.8, 4) is 11.5 Å². The maximum atomic E-state index is 13.2. The lowest BCUT2D eigenvalue weighted by molar-refractivity contribution is -0.120. The summed E-state index contributed by atoms with van der Waals surface area (Å²) in [6.07, 6.45) is 1.13. The summed E-state index contributed by atoms with van der Waals surface area (Å²) in [5, 5.41) is 3.24. The van der Waals surface area contributed by atoms with Gasteiger partial charge in [-0.05, 0) is 37.1 Å². The maximum Gasteiger partial charge on any atom is 0.243 e.